The summed E-state index contributed by atoms with van der Waals surface area (Å²) in [6.45, 7) is 9.73. The van der Waals surface area contributed by atoms with Crippen molar-refractivity contribution in [2.24, 2.45) is 5.92 Å². The molecule has 1 aromatic carbocycles. The third-order valence-corrected chi connectivity index (χ3v) is 8.34. The van der Waals surface area contributed by atoms with Crippen LogP contribution < -0.4 is 16.0 Å². The molecular weight excluding hydrogens is 430 g/mol. The van der Waals surface area contributed by atoms with Crippen molar-refractivity contribution in [2.45, 2.75) is 82.4 Å². The van der Waals surface area contributed by atoms with Crippen LogP contribution >= 0.6 is 11.8 Å². The quantitative estimate of drug-likeness (QED) is 0.354. The van der Waals surface area contributed by atoms with E-state index in [2.05, 4.69) is 54.2 Å². The van der Waals surface area contributed by atoms with Crippen LogP contribution in [0.3, 0.4) is 0 Å². The van der Waals surface area contributed by atoms with Crippen LogP contribution in [-0.4, -0.2) is 41.9 Å². The standard InChI is InChI=1S/C27H41N3O2S/c1-19(2)21-10-9-11-22(17-21)27(32)29-15-8-4-7-14-28-26(31)13-6-5-12-25-23-16-20(3)30-24(23)18-33-25/h9-11,17,19,23-25,30H,3-8,12-16,18H2,1-2H3,(H,28,31)(H,29,32)/t23-,24-,25-/m0/s1. The molecule has 2 heterocycles. The van der Waals surface area contributed by atoms with Crippen molar-refractivity contribution in [3.05, 3.63) is 47.7 Å². The molecule has 2 fully saturated rings. The van der Waals surface area contributed by atoms with E-state index in [1.54, 1.807) is 0 Å². The van der Waals surface area contributed by atoms with Gasteiger partial charge in [-0.1, -0.05) is 39.0 Å². The minimum Gasteiger partial charge on any atom is -0.385 e. The molecule has 0 aliphatic carbocycles. The number of carbonyl (C=O) groups is 2. The van der Waals surface area contributed by atoms with E-state index in [0.29, 0.717) is 24.9 Å². The molecule has 5 nitrogen and oxygen atoms in total. The zero-order chi connectivity index (χ0) is 23.6. The Morgan fingerprint density at radius 1 is 1.12 bits per heavy atom. The van der Waals surface area contributed by atoms with Crippen LogP contribution in [0.2, 0.25) is 0 Å². The number of fused-ring (bicyclic) bond motifs is 1. The highest BCUT2D eigenvalue weighted by atomic mass is 32.2. The molecule has 3 N–H and O–H groups in total. The molecule has 0 unspecified atom stereocenters. The summed E-state index contributed by atoms with van der Waals surface area (Å²) >= 11 is 2.09. The summed E-state index contributed by atoms with van der Waals surface area (Å²) in [5.41, 5.74) is 3.11. The first-order valence-electron chi connectivity index (χ1n) is 12.6. The van der Waals surface area contributed by atoms with Gasteiger partial charge in [0.25, 0.3) is 5.91 Å². The lowest BCUT2D eigenvalue weighted by molar-refractivity contribution is -0.121. The number of hydrogen-bond donors (Lipinski definition) is 3. The molecule has 0 aromatic heterocycles. The Balaban J connectivity index is 1.16. The summed E-state index contributed by atoms with van der Waals surface area (Å²) in [7, 11) is 0. The average Bonchev–Trinajstić information content (AvgIpc) is 3.35. The van der Waals surface area contributed by atoms with Gasteiger partial charge in [-0.25, -0.2) is 0 Å². The second kappa shape index (κ2) is 13.1. The van der Waals surface area contributed by atoms with Crippen molar-refractivity contribution >= 4 is 23.6 Å². The Labute approximate surface area is 203 Å². The summed E-state index contributed by atoms with van der Waals surface area (Å²) in [6.07, 6.45) is 7.92. The normalized spacial score (nSPS) is 21.7. The number of nitrogens with one attached hydrogen (secondary N) is 3. The summed E-state index contributed by atoms with van der Waals surface area (Å²) in [6, 6.07) is 8.47. The van der Waals surface area contributed by atoms with E-state index in [4.69, 9.17) is 0 Å². The molecule has 33 heavy (non-hydrogen) atoms. The summed E-state index contributed by atoms with van der Waals surface area (Å²) < 4.78 is 0. The zero-order valence-corrected chi connectivity index (χ0v) is 21.1. The number of benzene rings is 1. The van der Waals surface area contributed by atoms with Gasteiger partial charge in [-0.05, 0) is 68.1 Å². The number of unbranched alkanes of at least 4 members (excludes halogenated alkanes) is 3. The first-order valence-corrected chi connectivity index (χ1v) is 13.7. The van der Waals surface area contributed by atoms with Crippen molar-refractivity contribution in [1.29, 1.82) is 0 Å². The van der Waals surface area contributed by atoms with Gasteiger partial charge in [-0.15, -0.1) is 0 Å². The third-order valence-electron chi connectivity index (χ3n) is 6.78. The van der Waals surface area contributed by atoms with E-state index in [-0.39, 0.29) is 11.8 Å². The first-order chi connectivity index (χ1) is 15.9. The van der Waals surface area contributed by atoms with Crippen LogP contribution in [-0.2, 0) is 4.79 Å². The lowest BCUT2D eigenvalue weighted by Gasteiger charge is -2.16. The predicted molar refractivity (Wildman–Crippen MR) is 139 cm³/mol. The van der Waals surface area contributed by atoms with Crippen LogP contribution in [0.25, 0.3) is 0 Å². The molecule has 2 aliphatic rings. The van der Waals surface area contributed by atoms with Crippen molar-refractivity contribution < 1.29 is 9.59 Å². The van der Waals surface area contributed by atoms with Gasteiger partial charge in [0.2, 0.25) is 5.91 Å². The SMILES string of the molecule is C=C1C[C@H]2[C@H](CS[C@H]2CCCCC(=O)NCCCCCNC(=O)c2cccc(C(C)C)c2)N1. The monoisotopic (exact) mass is 471 g/mol. The lowest BCUT2D eigenvalue weighted by atomic mass is 9.94. The second-order valence-electron chi connectivity index (χ2n) is 9.79. The molecule has 3 rings (SSSR count). The second-order valence-corrected chi connectivity index (χ2v) is 11.1. The van der Waals surface area contributed by atoms with Crippen LogP contribution in [0, 0.1) is 5.92 Å². The molecule has 0 radical (unpaired) electrons. The van der Waals surface area contributed by atoms with E-state index < -0.39 is 0 Å². The van der Waals surface area contributed by atoms with Gasteiger partial charge in [0.15, 0.2) is 0 Å². The number of thioether (sulfide) groups is 1. The molecule has 2 amide bonds. The third kappa shape index (κ3) is 8.09. The van der Waals surface area contributed by atoms with Gasteiger partial charge in [0.05, 0.1) is 0 Å². The number of carbonyl (C=O) groups excluding carboxylic acids is 2. The zero-order valence-electron chi connectivity index (χ0n) is 20.3. The molecule has 0 saturated carbocycles. The summed E-state index contributed by atoms with van der Waals surface area (Å²) in [5, 5.41) is 10.3. The van der Waals surface area contributed by atoms with E-state index in [1.807, 2.05) is 18.2 Å². The Bertz CT molecular complexity index is 810. The van der Waals surface area contributed by atoms with Gasteiger partial charge < -0.3 is 16.0 Å². The Morgan fingerprint density at radius 2 is 1.91 bits per heavy atom. The molecular formula is C27H41N3O2S. The van der Waals surface area contributed by atoms with Gasteiger partial charge in [0.1, 0.15) is 0 Å². The fourth-order valence-corrected chi connectivity index (χ4v) is 6.43. The highest BCUT2D eigenvalue weighted by Gasteiger charge is 2.40. The smallest absolute Gasteiger partial charge is 0.251 e. The minimum absolute atomic E-state index is 0.00791. The van der Waals surface area contributed by atoms with Gasteiger partial charge in [0, 0.05) is 47.8 Å². The van der Waals surface area contributed by atoms with E-state index in [1.165, 1.54) is 23.4 Å². The van der Waals surface area contributed by atoms with Gasteiger partial charge in [-0.2, -0.15) is 11.8 Å². The highest BCUT2D eigenvalue weighted by molar-refractivity contribution is 8.00. The maximum atomic E-state index is 12.3. The van der Waals surface area contributed by atoms with Crippen LogP contribution in [0.5, 0.6) is 0 Å². The fraction of sp³-hybridized carbons (Fsp3) is 0.630. The number of hydrogen-bond acceptors (Lipinski definition) is 4. The molecule has 2 aliphatic heterocycles. The molecule has 2 saturated heterocycles. The maximum Gasteiger partial charge on any atom is 0.251 e. The largest absolute Gasteiger partial charge is 0.385 e. The summed E-state index contributed by atoms with van der Waals surface area (Å²) in [5.74, 6) is 2.51. The van der Waals surface area contributed by atoms with Crippen molar-refractivity contribution in [1.82, 2.24) is 16.0 Å². The molecule has 0 bridgehead atoms. The van der Waals surface area contributed by atoms with E-state index in [0.717, 1.165) is 61.8 Å². The number of allylic oxidation sites excluding steroid dienone is 1. The Kier molecular flexibility index (Phi) is 10.2. The van der Waals surface area contributed by atoms with E-state index in [9.17, 15) is 9.59 Å². The Hall–Kier alpha value is -1.95. The van der Waals surface area contributed by atoms with Gasteiger partial charge in [-0.3, -0.25) is 9.59 Å². The Morgan fingerprint density at radius 3 is 2.70 bits per heavy atom. The maximum absolute atomic E-state index is 12.3. The number of amides is 2. The lowest BCUT2D eigenvalue weighted by Crippen LogP contribution is -2.26. The van der Waals surface area contributed by atoms with E-state index >= 15 is 0 Å². The topological polar surface area (TPSA) is 70.2 Å². The van der Waals surface area contributed by atoms with Crippen molar-refractivity contribution in [2.75, 3.05) is 18.8 Å². The van der Waals surface area contributed by atoms with Crippen molar-refractivity contribution in [3.63, 3.8) is 0 Å². The molecule has 182 valence electrons. The first kappa shape index (κ1) is 25.7. The van der Waals surface area contributed by atoms with Crippen LogP contribution in [0.1, 0.15) is 87.1 Å². The highest BCUT2D eigenvalue weighted by Crippen LogP contribution is 2.42. The average molecular weight is 472 g/mol. The molecule has 3 atom stereocenters. The van der Waals surface area contributed by atoms with Crippen LogP contribution in [0.15, 0.2) is 36.5 Å². The molecule has 1 aromatic rings. The van der Waals surface area contributed by atoms with Crippen LogP contribution in [0.4, 0.5) is 0 Å². The van der Waals surface area contributed by atoms with Crippen molar-refractivity contribution in [3.8, 4) is 0 Å². The molecule has 6 heteroatoms. The van der Waals surface area contributed by atoms with Gasteiger partial charge >= 0.3 is 0 Å². The molecule has 0 spiro atoms. The fourth-order valence-electron chi connectivity index (χ4n) is 4.78. The predicted octanol–water partition coefficient (Wildman–Crippen LogP) is 4.99. The minimum atomic E-state index is -0.00791. The number of rotatable bonds is 13. The summed E-state index contributed by atoms with van der Waals surface area (Å²) in [4.78, 5) is 24.4.